The Morgan fingerprint density at radius 2 is 2.29 bits per heavy atom. The highest BCUT2D eigenvalue weighted by molar-refractivity contribution is 5.07. The SMILES string of the molecule is CCOc1nc(=O)ccn1[C@@H]1O[C@H](CO)[C@H](OC)C1(C)O. The molecule has 1 unspecified atom stereocenters. The van der Waals surface area contributed by atoms with Gasteiger partial charge in [-0.15, -0.1) is 0 Å². The van der Waals surface area contributed by atoms with E-state index in [2.05, 4.69) is 4.98 Å². The van der Waals surface area contributed by atoms with Crippen molar-refractivity contribution < 1.29 is 24.4 Å². The summed E-state index contributed by atoms with van der Waals surface area (Å²) in [7, 11) is 1.43. The Morgan fingerprint density at radius 1 is 1.57 bits per heavy atom. The van der Waals surface area contributed by atoms with Gasteiger partial charge in [-0.3, -0.25) is 9.36 Å². The molecular weight excluding hydrogens is 280 g/mol. The molecule has 2 N–H and O–H groups in total. The summed E-state index contributed by atoms with van der Waals surface area (Å²) in [5, 5.41) is 20.0. The van der Waals surface area contributed by atoms with Crippen LogP contribution in [0.4, 0.5) is 0 Å². The van der Waals surface area contributed by atoms with Gasteiger partial charge in [0.05, 0.1) is 13.2 Å². The summed E-state index contributed by atoms with van der Waals surface area (Å²) in [6.07, 6.45) is -0.870. The van der Waals surface area contributed by atoms with Crippen LogP contribution in [0, 0.1) is 0 Å². The molecule has 1 fully saturated rings. The Kier molecular flexibility index (Phi) is 4.62. The lowest BCUT2D eigenvalue weighted by Crippen LogP contribution is -2.45. The number of ether oxygens (including phenoxy) is 3. The molecule has 1 aliphatic heterocycles. The van der Waals surface area contributed by atoms with Gasteiger partial charge in [-0.1, -0.05) is 0 Å². The average molecular weight is 300 g/mol. The largest absolute Gasteiger partial charge is 0.465 e. The fourth-order valence-electron chi connectivity index (χ4n) is 2.58. The normalized spacial score (nSPS) is 32.3. The van der Waals surface area contributed by atoms with Gasteiger partial charge >= 0.3 is 6.01 Å². The van der Waals surface area contributed by atoms with Crippen LogP contribution in [0.3, 0.4) is 0 Å². The number of hydrogen-bond donors (Lipinski definition) is 2. The highest BCUT2D eigenvalue weighted by Crippen LogP contribution is 2.40. The zero-order valence-corrected chi connectivity index (χ0v) is 12.2. The van der Waals surface area contributed by atoms with Crippen LogP contribution in [0.5, 0.6) is 6.01 Å². The van der Waals surface area contributed by atoms with Gasteiger partial charge < -0.3 is 24.4 Å². The van der Waals surface area contributed by atoms with E-state index in [4.69, 9.17) is 14.2 Å². The first-order valence-electron chi connectivity index (χ1n) is 6.69. The molecule has 0 saturated carbocycles. The minimum Gasteiger partial charge on any atom is -0.465 e. The van der Waals surface area contributed by atoms with Gasteiger partial charge in [-0.05, 0) is 13.8 Å². The summed E-state index contributed by atoms with van der Waals surface area (Å²) in [6, 6.07) is 1.29. The van der Waals surface area contributed by atoms with Crippen molar-refractivity contribution in [1.29, 1.82) is 0 Å². The summed E-state index contributed by atoms with van der Waals surface area (Å²) in [5.74, 6) is 0. The monoisotopic (exact) mass is 300 g/mol. The molecule has 0 amide bonds. The molecule has 0 bridgehead atoms. The highest BCUT2D eigenvalue weighted by Gasteiger charge is 2.54. The summed E-state index contributed by atoms with van der Waals surface area (Å²) in [6.45, 7) is 3.30. The predicted octanol–water partition coefficient (Wildman–Crippen LogP) is -0.702. The highest BCUT2D eigenvalue weighted by atomic mass is 16.6. The van der Waals surface area contributed by atoms with Gasteiger partial charge in [-0.2, -0.15) is 4.98 Å². The first-order valence-corrected chi connectivity index (χ1v) is 6.69. The van der Waals surface area contributed by atoms with Gasteiger partial charge in [0.2, 0.25) is 0 Å². The molecular formula is C13H20N2O6. The van der Waals surface area contributed by atoms with E-state index < -0.39 is 29.6 Å². The van der Waals surface area contributed by atoms with Gasteiger partial charge in [-0.25, -0.2) is 0 Å². The van der Waals surface area contributed by atoms with Gasteiger partial charge in [0.15, 0.2) is 6.23 Å². The average Bonchev–Trinajstić information content (AvgIpc) is 2.70. The quantitative estimate of drug-likeness (QED) is 0.741. The minimum absolute atomic E-state index is 0.0451. The second kappa shape index (κ2) is 6.10. The molecule has 1 aliphatic rings. The smallest absolute Gasteiger partial charge is 0.301 e. The third-order valence-electron chi connectivity index (χ3n) is 3.48. The molecule has 1 aromatic heterocycles. The Bertz CT molecular complexity index is 544. The number of rotatable bonds is 5. The number of aromatic nitrogens is 2. The molecule has 2 rings (SSSR count). The third kappa shape index (κ3) is 2.80. The molecule has 1 aromatic rings. The molecule has 0 aromatic carbocycles. The molecule has 0 aliphatic carbocycles. The van der Waals surface area contributed by atoms with E-state index >= 15 is 0 Å². The summed E-state index contributed by atoms with van der Waals surface area (Å²) in [4.78, 5) is 15.1. The van der Waals surface area contributed by atoms with E-state index in [9.17, 15) is 15.0 Å². The van der Waals surface area contributed by atoms with Crippen molar-refractivity contribution in [3.8, 4) is 6.01 Å². The maximum Gasteiger partial charge on any atom is 0.301 e. The van der Waals surface area contributed by atoms with E-state index in [1.54, 1.807) is 6.92 Å². The topological polar surface area (TPSA) is 103 Å². The Hall–Kier alpha value is -1.48. The number of aliphatic hydroxyl groups is 2. The van der Waals surface area contributed by atoms with Crippen molar-refractivity contribution in [2.45, 2.75) is 37.9 Å². The lowest BCUT2D eigenvalue weighted by molar-refractivity contribution is -0.105. The van der Waals surface area contributed by atoms with E-state index in [1.165, 1.54) is 30.9 Å². The van der Waals surface area contributed by atoms with Gasteiger partial charge in [0.25, 0.3) is 5.56 Å². The van der Waals surface area contributed by atoms with Crippen LogP contribution in [0.2, 0.25) is 0 Å². The second-order valence-electron chi connectivity index (χ2n) is 4.98. The predicted molar refractivity (Wildman–Crippen MR) is 72.1 cm³/mol. The molecule has 21 heavy (non-hydrogen) atoms. The zero-order chi connectivity index (χ0) is 15.6. The molecule has 1 saturated heterocycles. The molecule has 0 radical (unpaired) electrons. The molecule has 2 heterocycles. The van der Waals surface area contributed by atoms with Crippen LogP contribution >= 0.6 is 0 Å². The summed E-state index contributed by atoms with van der Waals surface area (Å²) in [5.41, 5.74) is -1.88. The Labute approximate surface area is 121 Å². The van der Waals surface area contributed by atoms with Crippen molar-refractivity contribution >= 4 is 0 Å². The minimum atomic E-state index is -1.43. The van der Waals surface area contributed by atoms with Crippen LogP contribution in [-0.4, -0.2) is 57.9 Å². The molecule has 4 atom stereocenters. The first-order chi connectivity index (χ1) is 9.95. The lowest BCUT2D eigenvalue weighted by Gasteiger charge is -2.30. The number of hydrogen-bond acceptors (Lipinski definition) is 7. The second-order valence-corrected chi connectivity index (χ2v) is 4.98. The molecule has 0 spiro atoms. The van der Waals surface area contributed by atoms with E-state index in [0.717, 1.165) is 0 Å². The van der Waals surface area contributed by atoms with Crippen LogP contribution in [0.1, 0.15) is 20.1 Å². The number of methoxy groups -OCH3 is 1. The van der Waals surface area contributed by atoms with E-state index in [1.807, 2.05) is 0 Å². The maximum atomic E-state index is 11.4. The number of nitrogens with zero attached hydrogens (tertiary/aromatic N) is 2. The van der Waals surface area contributed by atoms with Crippen LogP contribution in [-0.2, 0) is 9.47 Å². The summed E-state index contributed by atoms with van der Waals surface area (Å²) < 4.78 is 17.6. The van der Waals surface area contributed by atoms with Crippen molar-refractivity contribution in [2.75, 3.05) is 20.3 Å². The zero-order valence-electron chi connectivity index (χ0n) is 12.2. The summed E-state index contributed by atoms with van der Waals surface area (Å²) >= 11 is 0. The Morgan fingerprint density at radius 3 is 2.81 bits per heavy atom. The van der Waals surface area contributed by atoms with Gasteiger partial charge in [0, 0.05) is 19.4 Å². The van der Waals surface area contributed by atoms with Crippen molar-refractivity contribution in [3.05, 3.63) is 22.6 Å². The molecule has 8 nitrogen and oxygen atoms in total. The lowest BCUT2D eigenvalue weighted by atomic mass is 9.96. The van der Waals surface area contributed by atoms with Crippen LogP contribution in [0.25, 0.3) is 0 Å². The fraction of sp³-hybridized carbons (Fsp3) is 0.692. The maximum absolute atomic E-state index is 11.4. The third-order valence-corrected chi connectivity index (χ3v) is 3.48. The van der Waals surface area contributed by atoms with Crippen LogP contribution in [0.15, 0.2) is 17.1 Å². The van der Waals surface area contributed by atoms with Crippen molar-refractivity contribution in [2.24, 2.45) is 0 Å². The fourth-order valence-corrected chi connectivity index (χ4v) is 2.58. The van der Waals surface area contributed by atoms with E-state index in [0.29, 0.717) is 6.61 Å². The van der Waals surface area contributed by atoms with E-state index in [-0.39, 0.29) is 12.6 Å². The molecule has 8 heteroatoms. The first kappa shape index (κ1) is 15.9. The van der Waals surface area contributed by atoms with Gasteiger partial charge in [0.1, 0.15) is 17.8 Å². The Balaban J connectivity index is 2.44. The standard InChI is InChI=1S/C13H20N2O6/c1-4-20-12-14-9(17)5-6-15(12)11-13(2,18)10(19-3)8(7-16)21-11/h5-6,8,10-11,16,18H,4,7H2,1-3H3/t8-,10+,11-,13?/m1/s1. The van der Waals surface area contributed by atoms with Crippen LogP contribution < -0.4 is 10.3 Å². The molecule has 118 valence electrons. The number of aliphatic hydroxyl groups excluding tert-OH is 1. The van der Waals surface area contributed by atoms with Crippen molar-refractivity contribution in [3.63, 3.8) is 0 Å². The van der Waals surface area contributed by atoms with Crippen molar-refractivity contribution in [1.82, 2.24) is 9.55 Å².